The molecule has 0 aliphatic carbocycles. The van der Waals surface area contributed by atoms with Crippen LogP contribution in [-0.4, -0.2) is 75.9 Å². The zero-order valence-corrected chi connectivity index (χ0v) is 23.6. The van der Waals surface area contributed by atoms with Gasteiger partial charge in [-0.3, -0.25) is 14.4 Å². The van der Waals surface area contributed by atoms with Crippen molar-refractivity contribution in [1.29, 1.82) is 0 Å². The second kappa shape index (κ2) is 14.6. The molecule has 3 aromatic rings. The van der Waals surface area contributed by atoms with Gasteiger partial charge in [0.05, 0.1) is 6.04 Å². The zero-order valence-electron chi connectivity index (χ0n) is 23.6. The summed E-state index contributed by atoms with van der Waals surface area (Å²) in [5.41, 5.74) is 14.5. The van der Waals surface area contributed by atoms with Crippen molar-refractivity contribution in [2.75, 3.05) is 13.1 Å². The molecule has 8 N–H and O–H groups in total. The zero-order chi connectivity index (χ0) is 30.1. The number of benzene rings is 2. The first-order valence-corrected chi connectivity index (χ1v) is 14.5. The molecule has 2 heterocycles. The lowest BCUT2D eigenvalue weighted by molar-refractivity contribution is -0.149. The summed E-state index contributed by atoms with van der Waals surface area (Å²) in [6, 6.07) is 13.2. The van der Waals surface area contributed by atoms with Crippen LogP contribution in [0.5, 0.6) is 0 Å². The summed E-state index contributed by atoms with van der Waals surface area (Å²) < 4.78 is 0. The van der Waals surface area contributed by atoms with Crippen LogP contribution < -0.4 is 22.1 Å². The highest BCUT2D eigenvalue weighted by Gasteiger charge is 2.38. The number of nitrogens with two attached hydrogens (primary N) is 2. The number of aromatic amines is 1. The molecule has 4 rings (SSSR count). The van der Waals surface area contributed by atoms with Crippen molar-refractivity contribution in [3.8, 4) is 0 Å². The number of carboxylic acids is 1. The van der Waals surface area contributed by atoms with E-state index in [0.29, 0.717) is 51.6 Å². The maximum atomic E-state index is 13.8. The van der Waals surface area contributed by atoms with Crippen LogP contribution in [0.15, 0.2) is 60.8 Å². The van der Waals surface area contributed by atoms with E-state index >= 15 is 0 Å². The number of H-pyrrole nitrogens is 1. The van der Waals surface area contributed by atoms with Gasteiger partial charge in [0.15, 0.2) is 0 Å². The summed E-state index contributed by atoms with van der Waals surface area (Å²) in [5, 5.41) is 16.2. The monoisotopic (exact) mass is 576 g/mol. The number of fused-ring (bicyclic) bond motifs is 1. The molecule has 4 unspecified atom stereocenters. The van der Waals surface area contributed by atoms with E-state index in [9.17, 15) is 24.3 Å². The van der Waals surface area contributed by atoms with E-state index in [1.54, 1.807) is 6.20 Å². The Kier molecular flexibility index (Phi) is 10.7. The number of hydrogen-bond acceptors (Lipinski definition) is 6. The number of likely N-dealkylation sites (tertiary alicyclic amines) is 1. The molecule has 224 valence electrons. The lowest BCUT2D eigenvalue weighted by atomic mass is 10.0. The smallest absolute Gasteiger partial charge is 0.326 e. The Balaban J connectivity index is 1.55. The number of aliphatic carboxylic acids is 1. The van der Waals surface area contributed by atoms with Crippen molar-refractivity contribution in [2.24, 2.45) is 11.5 Å². The highest BCUT2D eigenvalue weighted by Crippen LogP contribution is 2.21. The topological polar surface area (TPSA) is 184 Å². The first kappa shape index (κ1) is 30.7. The third-order valence-electron chi connectivity index (χ3n) is 7.75. The Morgan fingerprint density at radius 3 is 2.40 bits per heavy atom. The fourth-order valence-electron chi connectivity index (χ4n) is 5.48. The van der Waals surface area contributed by atoms with Gasteiger partial charge in [-0.2, -0.15) is 0 Å². The molecule has 1 fully saturated rings. The number of para-hydroxylation sites is 1. The van der Waals surface area contributed by atoms with E-state index in [1.165, 1.54) is 4.90 Å². The molecule has 0 radical (unpaired) electrons. The number of carboxylic acid groups (broad SMARTS) is 1. The van der Waals surface area contributed by atoms with Crippen molar-refractivity contribution in [3.05, 3.63) is 71.9 Å². The fraction of sp³-hybridized carbons (Fsp3) is 0.419. The van der Waals surface area contributed by atoms with E-state index in [2.05, 4.69) is 15.6 Å². The Morgan fingerprint density at radius 1 is 0.952 bits per heavy atom. The first-order chi connectivity index (χ1) is 20.3. The number of rotatable bonds is 14. The molecule has 11 nitrogen and oxygen atoms in total. The lowest BCUT2D eigenvalue weighted by Crippen LogP contribution is -2.57. The molecule has 11 heteroatoms. The molecule has 0 saturated carbocycles. The molecular weight excluding hydrogens is 536 g/mol. The second-order valence-corrected chi connectivity index (χ2v) is 10.8. The summed E-state index contributed by atoms with van der Waals surface area (Å²) in [4.78, 5) is 56.9. The summed E-state index contributed by atoms with van der Waals surface area (Å²) >= 11 is 0. The summed E-state index contributed by atoms with van der Waals surface area (Å²) in [7, 11) is 0. The Morgan fingerprint density at radius 2 is 1.67 bits per heavy atom. The highest BCUT2D eigenvalue weighted by atomic mass is 16.4. The molecule has 0 bridgehead atoms. The molecule has 1 aromatic heterocycles. The molecular formula is C31H40N6O5. The van der Waals surface area contributed by atoms with Gasteiger partial charge in [0.1, 0.15) is 18.1 Å². The standard InChI is InChI=1S/C31H40N6O5/c32-15-7-6-13-25(30(40)37-16-8-14-27(37)31(41)42)35-29(39)26(18-21-19-34-24-12-5-4-11-22(21)24)36-28(38)23(33)17-20-9-2-1-3-10-20/h1-5,9-12,19,23,25-27,34H,6-8,13-18,32-33H2,(H,35,39)(H,36,38)(H,41,42). The quantitative estimate of drug-likeness (QED) is 0.157. The van der Waals surface area contributed by atoms with E-state index in [4.69, 9.17) is 11.5 Å². The maximum absolute atomic E-state index is 13.8. The van der Waals surface area contributed by atoms with Crippen LogP contribution in [-0.2, 0) is 32.0 Å². The largest absolute Gasteiger partial charge is 0.480 e. The van der Waals surface area contributed by atoms with E-state index in [1.807, 2.05) is 54.6 Å². The van der Waals surface area contributed by atoms with Crippen LogP contribution in [0.2, 0.25) is 0 Å². The molecule has 1 aliphatic heterocycles. The van der Waals surface area contributed by atoms with Crippen molar-refractivity contribution < 1.29 is 24.3 Å². The predicted molar refractivity (Wildman–Crippen MR) is 159 cm³/mol. The van der Waals surface area contributed by atoms with Crippen LogP contribution >= 0.6 is 0 Å². The third kappa shape index (κ3) is 7.74. The normalized spacial score (nSPS) is 17.0. The summed E-state index contributed by atoms with van der Waals surface area (Å²) in [6.07, 6.45) is 4.70. The first-order valence-electron chi connectivity index (χ1n) is 14.5. The highest BCUT2D eigenvalue weighted by molar-refractivity contribution is 5.95. The van der Waals surface area contributed by atoms with Crippen molar-refractivity contribution in [3.63, 3.8) is 0 Å². The number of hydrogen-bond donors (Lipinski definition) is 6. The number of nitrogens with zero attached hydrogens (tertiary/aromatic N) is 1. The van der Waals surface area contributed by atoms with Crippen molar-refractivity contribution in [1.82, 2.24) is 20.5 Å². The van der Waals surface area contributed by atoms with Crippen LogP contribution in [0.3, 0.4) is 0 Å². The van der Waals surface area contributed by atoms with Gasteiger partial charge >= 0.3 is 5.97 Å². The summed E-state index contributed by atoms with van der Waals surface area (Å²) in [5.74, 6) is -2.54. The van der Waals surface area contributed by atoms with E-state index < -0.39 is 47.9 Å². The number of nitrogens with one attached hydrogen (secondary N) is 3. The number of aromatic nitrogens is 1. The van der Waals surface area contributed by atoms with Gasteiger partial charge in [-0.15, -0.1) is 0 Å². The van der Waals surface area contributed by atoms with Crippen LogP contribution in [0, 0.1) is 0 Å². The number of carbonyl (C=O) groups excluding carboxylic acids is 3. The van der Waals surface area contributed by atoms with Gasteiger partial charge in [-0.25, -0.2) is 4.79 Å². The number of carbonyl (C=O) groups is 4. The maximum Gasteiger partial charge on any atom is 0.326 e. The molecule has 42 heavy (non-hydrogen) atoms. The van der Waals surface area contributed by atoms with E-state index in [0.717, 1.165) is 22.0 Å². The minimum Gasteiger partial charge on any atom is -0.480 e. The Hall–Kier alpha value is -4.22. The van der Waals surface area contributed by atoms with Crippen molar-refractivity contribution in [2.45, 2.75) is 69.1 Å². The summed E-state index contributed by atoms with van der Waals surface area (Å²) in [6.45, 7) is 0.734. The molecule has 0 spiro atoms. The fourth-order valence-corrected chi connectivity index (χ4v) is 5.48. The molecule has 2 aromatic carbocycles. The Bertz CT molecular complexity index is 1380. The molecule has 4 atom stereocenters. The van der Waals surface area contributed by atoms with E-state index in [-0.39, 0.29) is 6.42 Å². The van der Waals surface area contributed by atoms with Crippen LogP contribution in [0.1, 0.15) is 43.2 Å². The average Bonchev–Trinajstić information content (AvgIpc) is 3.64. The minimum atomic E-state index is -1.07. The van der Waals surface area contributed by atoms with Gasteiger partial charge in [-0.1, -0.05) is 48.5 Å². The molecule has 1 saturated heterocycles. The number of amides is 3. The SMILES string of the molecule is NCCCCC(NC(=O)C(Cc1c[nH]c2ccccc12)NC(=O)C(N)Cc1ccccc1)C(=O)N1CCCC1C(=O)O. The molecule has 3 amide bonds. The van der Waals surface area contributed by atoms with Crippen LogP contribution in [0.4, 0.5) is 0 Å². The van der Waals surface area contributed by atoms with Crippen LogP contribution in [0.25, 0.3) is 10.9 Å². The Labute approximate surface area is 245 Å². The van der Waals surface area contributed by atoms with Gasteiger partial charge < -0.3 is 37.1 Å². The third-order valence-corrected chi connectivity index (χ3v) is 7.75. The van der Waals surface area contributed by atoms with Gasteiger partial charge in [0.2, 0.25) is 17.7 Å². The lowest BCUT2D eigenvalue weighted by Gasteiger charge is -2.29. The minimum absolute atomic E-state index is 0.158. The van der Waals surface area contributed by atoms with Gasteiger partial charge in [0.25, 0.3) is 0 Å². The van der Waals surface area contributed by atoms with Gasteiger partial charge in [0, 0.05) is 30.1 Å². The number of unbranched alkanes of at least 4 members (excludes halogenated alkanes) is 1. The molecule has 1 aliphatic rings. The predicted octanol–water partition coefficient (Wildman–Crippen LogP) is 1.45. The van der Waals surface area contributed by atoms with Gasteiger partial charge in [-0.05, 0) is 62.3 Å². The van der Waals surface area contributed by atoms with Crippen molar-refractivity contribution >= 4 is 34.6 Å². The second-order valence-electron chi connectivity index (χ2n) is 10.8. The average molecular weight is 577 g/mol.